The Labute approximate surface area is 139 Å². The van der Waals surface area contributed by atoms with Crippen LogP contribution >= 0.6 is 31.9 Å². The molecule has 1 heterocycles. The minimum Gasteiger partial charge on any atom is -0.382 e. The van der Waals surface area contributed by atoms with Gasteiger partial charge in [0.15, 0.2) is 5.82 Å². The molecule has 0 radical (unpaired) electrons. The SMILES string of the molecule is Cc1ccccc1-c1c(N)n[nH]c1-c1ccc(Br)cc1Br. The average molecular weight is 407 g/mol. The first-order valence-corrected chi connectivity index (χ1v) is 8.02. The van der Waals surface area contributed by atoms with Crippen molar-refractivity contribution in [3.63, 3.8) is 0 Å². The highest BCUT2D eigenvalue weighted by Gasteiger charge is 2.17. The lowest BCUT2D eigenvalue weighted by atomic mass is 9.97. The van der Waals surface area contributed by atoms with Crippen molar-refractivity contribution in [2.75, 3.05) is 5.73 Å². The van der Waals surface area contributed by atoms with Gasteiger partial charge in [-0.1, -0.05) is 62.2 Å². The lowest BCUT2D eigenvalue weighted by Gasteiger charge is -2.09. The molecule has 0 saturated heterocycles. The van der Waals surface area contributed by atoms with Crippen LogP contribution in [0.2, 0.25) is 0 Å². The highest BCUT2D eigenvalue weighted by atomic mass is 79.9. The van der Waals surface area contributed by atoms with Crippen molar-refractivity contribution in [3.8, 4) is 22.4 Å². The second-order valence-corrected chi connectivity index (χ2v) is 6.57. The minimum atomic E-state index is 0.508. The number of anilines is 1. The molecule has 0 unspecified atom stereocenters. The topological polar surface area (TPSA) is 54.7 Å². The molecule has 1 aromatic heterocycles. The molecule has 3 rings (SSSR count). The molecule has 0 amide bonds. The first kappa shape index (κ1) is 14.4. The fourth-order valence-corrected chi connectivity index (χ4v) is 3.61. The lowest BCUT2D eigenvalue weighted by molar-refractivity contribution is 1.10. The van der Waals surface area contributed by atoms with Gasteiger partial charge < -0.3 is 5.73 Å². The lowest BCUT2D eigenvalue weighted by Crippen LogP contribution is -1.91. The largest absolute Gasteiger partial charge is 0.382 e. The van der Waals surface area contributed by atoms with E-state index in [2.05, 4.69) is 61.1 Å². The number of benzene rings is 2. The quantitative estimate of drug-likeness (QED) is 0.617. The van der Waals surface area contributed by atoms with Crippen LogP contribution in [0.1, 0.15) is 5.56 Å². The molecule has 3 N–H and O–H groups in total. The highest BCUT2D eigenvalue weighted by molar-refractivity contribution is 9.11. The molecule has 0 aliphatic rings. The molecule has 0 saturated carbocycles. The summed E-state index contributed by atoms with van der Waals surface area (Å²) in [5.41, 5.74) is 11.2. The van der Waals surface area contributed by atoms with Crippen molar-refractivity contribution in [3.05, 3.63) is 57.0 Å². The second kappa shape index (κ2) is 5.66. The summed E-state index contributed by atoms with van der Waals surface area (Å²) in [7, 11) is 0. The molecule has 0 spiro atoms. The molecule has 0 aliphatic carbocycles. The molecule has 0 atom stereocenters. The zero-order valence-corrected chi connectivity index (χ0v) is 14.5. The average Bonchev–Trinajstić information content (AvgIpc) is 2.81. The molecule has 3 aromatic rings. The summed E-state index contributed by atoms with van der Waals surface area (Å²) in [6.45, 7) is 2.07. The molecule has 3 nitrogen and oxygen atoms in total. The Morgan fingerprint density at radius 2 is 1.81 bits per heavy atom. The summed E-state index contributed by atoms with van der Waals surface area (Å²) in [5.74, 6) is 0.508. The second-order valence-electron chi connectivity index (χ2n) is 4.80. The van der Waals surface area contributed by atoms with Crippen LogP contribution in [0.5, 0.6) is 0 Å². The van der Waals surface area contributed by atoms with Crippen LogP contribution < -0.4 is 5.73 Å². The van der Waals surface area contributed by atoms with E-state index in [-0.39, 0.29) is 0 Å². The number of hydrogen-bond acceptors (Lipinski definition) is 2. The van der Waals surface area contributed by atoms with Crippen LogP contribution in [0.3, 0.4) is 0 Å². The number of H-pyrrole nitrogens is 1. The van der Waals surface area contributed by atoms with Gasteiger partial charge in [0.05, 0.1) is 11.3 Å². The Morgan fingerprint density at radius 1 is 1.05 bits per heavy atom. The molecule has 2 aromatic carbocycles. The van der Waals surface area contributed by atoms with Crippen LogP contribution in [0.4, 0.5) is 5.82 Å². The number of nitrogen functional groups attached to an aromatic ring is 1. The van der Waals surface area contributed by atoms with Gasteiger partial charge in [0, 0.05) is 14.5 Å². The molecular weight excluding hydrogens is 394 g/mol. The van der Waals surface area contributed by atoms with E-state index in [4.69, 9.17) is 5.73 Å². The fourth-order valence-electron chi connectivity index (χ4n) is 2.37. The smallest absolute Gasteiger partial charge is 0.153 e. The number of nitrogens with one attached hydrogen (secondary N) is 1. The van der Waals surface area contributed by atoms with E-state index in [1.807, 2.05) is 30.3 Å². The molecule has 0 bridgehead atoms. The Hall–Kier alpha value is -1.59. The van der Waals surface area contributed by atoms with Crippen LogP contribution in [-0.4, -0.2) is 10.2 Å². The van der Waals surface area contributed by atoms with Gasteiger partial charge in [-0.2, -0.15) is 5.10 Å². The Bertz CT molecular complexity index is 809. The summed E-state index contributed by atoms with van der Waals surface area (Å²) in [6, 6.07) is 14.2. The zero-order valence-electron chi connectivity index (χ0n) is 11.3. The van der Waals surface area contributed by atoms with Crippen molar-refractivity contribution in [1.82, 2.24) is 10.2 Å². The number of rotatable bonds is 2. The van der Waals surface area contributed by atoms with Crippen LogP contribution in [0, 0.1) is 6.92 Å². The minimum absolute atomic E-state index is 0.508. The zero-order chi connectivity index (χ0) is 15.0. The monoisotopic (exact) mass is 405 g/mol. The van der Waals surface area contributed by atoms with E-state index in [9.17, 15) is 0 Å². The third-order valence-electron chi connectivity index (χ3n) is 3.41. The van der Waals surface area contributed by atoms with Crippen molar-refractivity contribution in [1.29, 1.82) is 0 Å². The van der Waals surface area contributed by atoms with Gasteiger partial charge in [-0.15, -0.1) is 0 Å². The van der Waals surface area contributed by atoms with E-state index in [1.165, 1.54) is 5.56 Å². The standard InChI is InChI=1S/C16H13Br2N3/c1-9-4-2-3-5-11(9)14-15(20-21-16(14)19)12-7-6-10(17)8-13(12)18/h2-8H,1H3,(H3,19,20,21). The Morgan fingerprint density at radius 3 is 2.52 bits per heavy atom. The van der Waals surface area contributed by atoms with Crippen molar-refractivity contribution >= 4 is 37.7 Å². The van der Waals surface area contributed by atoms with E-state index in [1.54, 1.807) is 0 Å². The van der Waals surface area contributed by atoms with Crippen molar-refractivity contribution in [2.24, 2.45) is 0 Å². The predicted octanol–water partition coefficient (Wildman–Crippen LogP) is 5.16. The van der Waals surface area contributed by atoms with Crippen molar-refractivity contribution in [2.45, 2.75) is 6.92 Å². The molecule has 21 heavy (non-hydrogen) atoms. The third-order valence-corrected chi connectivity index (χ3v) is 4.56. The summed E-state index contributed by atoms with van der Waals surface area (Å²) in [4.78, 5) is 0. The van der Waals surface area contributed by atoms with E-state index >= 15 is 0 Å². The number of aromatic amines is 1. The molecule has 106 valence electrons. The maximum atomic E-state index is 6.09. The summed E-state index contributed by atoms with van der Waals surface area (Å²) in [5, 5.41) is 7.25. The number of nitrogens with two attached hydrogens (primary N) is 1. The van der Waals surface area contributed by atoms with Gasteiger partial charge in [0.25, 0.3) is 0 Å². The summed E-state index contributed by atoms with van der Waals surface area (Å²) in [6.07, 6.45) is 0. The summed E-state index contributed by atoms with van der Waals surface area (Å²) >= 11 is 7.07. The molecule has 5 heteroatoms. The van der Waals surface area contributed by atoms with Gasteiger partial charge in [0.1, 0.15) is 0 Å². The Kier molecular flexibility index (Phi) is 3.87. The normalized spacial score (nSPS) is 10.8. The van der Waals surface area contributed by atoms with Crippen molar-refractivity contribution < 1.29 is 0 Å². The number of halogens is 2. The maximum Gasteiger partial charge on any atom is 0.153 e. The fraction of sp³-hybridized carbons (Fsp3) is 0.0625. The van der Waals surface area contributed by atoms with Crippen LogP contribution in [-0.2, 0) is 0 Å². The van der Waals surface area contributed by atoms with Gasteiger partial charge in [0.2, 0.25) is 0 Å². The van der Waals surface area contributed by atoms with E-state index < -0.39 is 0 Å². The molecule has 0 aliphatic heterocycles. The van der Waals surface area contributed by atoms with Gasteiger partial charge in [-0.3, -0.25) is 5.10 Å². The van der Waals surface area contributed by atoms with Gasteiger partial charge in [-0.05, 0) is 30.2 Å². The van der Waals surface area contributed by atoms with Gasteiger partial charge >= 0.3 is 0 Å². The maximum absolute atomic E-state index is 6.09. The number of nitrogens with zero attached hydrogens (tertiary/aromatic N) is 1. The number of aryl methyl sites for hydroxylation is 1. The summed E-state index contributed by atoms with van der Waals surface area (Å²) < 4.78 is 2.00. The first-order chi connectivity index (χ1) is 10.1. The first-order valence-electron chi connectivity index (χ1n) is 6.43. The van der Waals surface area contributed by atoms with Crippen LogP contribution in [0.25, 0.3) is 22.4 Å². The highest BCUT2D eigenvalue weighted by Crippen LogP contribution is 2.39. The predicted molar refractivity (Wildman–Crippen MR) is 94.0 cm³/mol. The Balaban J connectivity index is 2.25. The van der Waals surface area contributed by atoms with Crippen LogP contribution in [0.15, 0.2) is 51.4 Å². The number of aromatic nitrogens is 2. The number of hydrogen-bond donors (Lipinski definition) is 2. The third kappa shape index (κ3) is 2.63. The molecule has 0 fully saturated rings. The van der Waals surface area contributed by atoms with Gasteiger partial charge in [-0.25, -0.2) is 0 Å². The molecular formula is C16H13Br2N3. The van der Waals surface area contributed by atoms with E-state index in [0.717, 1.165) is 31.3 Å². The van der Waals surface area contributed by atoms with E-state index in [0.29, 0.717) is 5.82 Å².